The van der Waals surface area contributed by atoms with Crippen LogP contribution >= 0.6 is 0 Å². The Balaban J connectivity index is 2.37. The number of aliphatic carboxylic acids is 1. The number of aliphatic hydroxyl groups excluding tert-OH is 1. The first-order chi connectivity index (χ1) is 3.72. The molecule has 8 heavy (non-hydrogen) atoms. The van der Waals surface area contributed by atoms with Crippen LogP contribution in [-0.2, 0) is 4.79 Å². The van der Waals surface area contributed by atoms with Crippen molar-refractivity contribution >= 4 is 5.97 Å². The van der Waals surface area contributed by atoms with Crippen molar-refractivity contribution in [1.29, 1.82) is 0 Å². The summed E-state index contributed by atoms with van der Waals surface area (Å²) in [6.45, 7) is 0.400. The molecule has 0 radical (unpaired) electrons. The Kier molecular flexibility index (Phi) is 1.19. The fourth-order valence-electron chi connectivity index (χ4n) is 0.593. The normalized spacial score (nSPS) is 36.1. The molecule has 1 aliphatic heterocycles. The van der Waals surface area contributed by atoms with Gasteiger partial charge in [-0.05, 0) is 0 Å². The molecule has 4 nitrogen and oxygen atoms in total. The monoisotopic (exact) mass is 117 g/mol. The van der Waals surface area contributed by atoms with E-state index in [-0.39, 0.29) is 0 Å². The van der Waals surface area contributed by atoms with Crippen LogP contribution in [0.25, 0.3) is 0 Å². The van der Waals surface area contributed by atoms with Gasteiger partial charge in [0.15, 0.2) is 0 Å². The van der Waals surface area contributed by atoms with E-state index in [1.165, 1.54) is 0 Å². The lowest BCUT2D eigenvalue weighted by atomic mass is 10.0. The summed E-state index contributed by atoms with van der Waals surface area (Å²) in [5.41, 5.74) is 0. The van der Waals surface area contributed by atoms with E-state index in [0.717, 1.165) is 0 Å². The Hall–Kier alpha value is -0.610. The number of β-amino-alcohol motifs (C(OH)–C–C–N with tert-alkyl or cyclic N) is 1. The van der Waals surface area contributed by atoms with Gasteiger partial charge in [0.1, 0.15) is 6.04 Å². The molecule has 0 aromatic rings. The molecule has 1 fully saturated rings. The van der Waals surface area contributed by atoms with Gasteiger partial charge in [0.2, 0.25) is 0 Å². The highest BCUT2D eigenvalue weighted by Gasteiger charge is 2.34. The second-order valence-electron chi connectivity index (χ2n) is 1.79. The highest BCUT2D eigenvalue weighted by molar-refractivity contribution is 5.75. The summed E-state index contributed by atoms with van der Waals surface area (Å²) in [5, 5.41) is 19.4. The van der Waals surface area contributed by atoms with Gasteiger partial charge >= 0.3 is 5.97 Å². The summed E-state index contributed by atoms with van der Waals surface area (Å²) in [5.74, 6) is -0.983. The van der Waals surface area contributed by atoms with E-state index in [0.29, 0.717) is 6.54 Å². The molecule has 3 N–H and O–H groups in total. The molecule has 1 rings (SSSR count). The Labute approximate surface area is 46.1 Å². The highest BCUT2D eigenvalue weighted by Crippen LogP contribution is 2.01. The van der Waals surface area contributed by atoms with Crippen LogP contribution in [0.4, 0.5) is 0 Å². The Morgan fingerprint density at radius 2 is 2.38 bits per heavy atom. The molecule has 0 aromatic carbocycles. The number of hydrogen-bond donors (Lipinski definition) is 3. The van der Waals surface area contributed by atoms with Crippen molar-refractivity contribution in [2.24, 2.45) is 0 Å². The van der Waals surface area contributed by atoms with Gasteiger partial charge in [-0.25, -0.2) is 0 Å². The first-order valence-electron chi connectivity index (χ1n) is 2.36. The molecule has 0 bridgehead atoms. The number of hydrogen-bond acceptors (Lipinski definition) is 3. The lowest BCUT2D eigenvalue weighted by Gasteiger charge is -2.29. The fraction of sp³-hybridized carbons (Fsp3) is 0.750. The summed E-state index contributed by atoms with van der Waals surface area (Å²) in [4.78, 5) is 9.97. The van der Waals surface area contributed by atoms with Gasteiger partial charge in [0.05, 0.1) is 6.10 Å². The average Bonchev–Trinajstić information content (AvgIpc) is 1.61. The number of carboxylic acids is 1. The number of carbonyl (C=O) groups is 1. The van der Waals surface area contributed by atoms with Crippen molar-refractivity contribution in [3.8, 4) is 0 Å². The second-order valence-corrected chi connectivity index (χ2v) is 1.79. The molecule has 4 heteroatoms. The minimum Gasteiger partial charge on any atom is -0.480 e. The molecule has 0 amide bonds. The fourth-order valence-corrected chi connectivity index (χ4v) is 0.593. The minimum absolute atomic E-state index is 0.400. The quantitative estimate of drug-likeness (QED) is 0.387. The molecule has 1 saturated heterocycles. The maximum Gasteiger partial charge on any atom is 0.323 e. The van der Waals surface area contributed by atoms with Gasteiger partial charge in [-0.2, -0.15) is 0 Å². The number of nitrogens with one attached hydrogen (secondary N) is 1. The van der Waals surface area contributed by atoms with Crippen LogP contribution in [0, 0.1) is 0 Å². The van der Waals surface area contributed by atoms with Gasteiger partial charge < -0.3 is 10.2 Å². The van der Waals surface area contributed by atoms with Crippen molar-refractivity contribution in [1.82, 2.24) is 5.32 Å². The molecule has 1 heterocycles. The zero-order chi connectivity index (χ0) is 6.15. The third-order valence-corrected chi connectivity index (χ3v) is 1.20. The van der Waals surface area contributed by atoms with Crippen LogP contribution in [0.3, 0.4) is 0 Å². The third-order valence-electron chi connectivity index (χ3n) is 1.20. The Bertz CT molecular complexity index is 114. The van der Waals surface area contributed by atoms with E-state index < -0.39 is 18.1 Å². The lowest BCUT2D eigenvalue weighted by Crippen LogP contribution is -2.61. The standard InChI is InChI=1S/C4H7NO3/c6-2-1-5-3(2)4(7)8/h2-3,5-6H,1H2,(H,7,8). The minimum atomic E-state index is -0.983. The van der Waals surface area contributed by atoms with Gasteiger partial charge in [-0.3, -0.25) is 10.1 Å². The molecule has 2 atom stereocenters. The van der Waals surface area contributed by atoms with E-state index in [9.17, 15) is 4.79 Å². The van der Waals surface area contributed by atoms with Gasteiger partial charge in [0.25, 0.3) is 0 Å². The lowest BCUT2D eigenvalue weighted by molar-refractivity contribution is -0.146. The van der Waals surface area contributed by atoms with E-state index in [1.807, 2.05) is 0 Å². The Morgan fingerprint density at radius 1 is 1.75 bits per heavy atom. The van der Waals surface area contributed by atoms with Crippen LogP contribution in [0.2, 0.25) is 0 Å². The van der Waals surface area contributed by atoms with Crippen molar-refractivity contribution in [3.63, 3.8) is 0 Å². The number of aliphatic hydroxyl groups is 1. The molecule has 46 valence electrons. The predicted octanol–water partition coefficient (Wildman–Crippen LogP) is -1.60. The van der Waals surface area contributed by atoms with Crippen molar-refractivity contribution < 1.29 is 15.0 Å². The van der Waals surface area contributed by atoms with Crippen molar-refractivity contribution in [3.05, 3.63) is 0 Å². The summed E-state index contributed by atoms with van der Waals surface area (Å²) in [6.07, 6.45) is -0.688. The largest absolute Gasteiger partial charge is 0.480 e. The molecular formula is C4H7NO3. The van der Waals surface area contributed by atoms with E-state index in [4.69, 9.17) is 10.2 Å². The molecule has 0 aromatic heterocycles. The smallest absolute Gasteiger partial charge is 0.323 e. The molecule has 0 saturated carbocycles. The third kappa shape index (κ3) is 0.677. The molecule has 1 aliphatic rings. The number of carboxylic acid groups (broad SMARTS) is 1. The highest BCUT2D eigenvalue weighted by atomic mass is 16.4. The number of rotatable bonds is 1. The molecule has 2 unspecified atom stereocenters. The van der Waals surface area contributed by atoms with E-state index >= 15 is 0 Å². The van der Waals surface area contributed by atoms with Gasteiger partial charge in [0, 0.05) is 6.54 Å². The van der Waals surface area contributed by atoms with Gasteiger partial charge in [-0.15, -0.1) is 0 Å². The average molecular weight is 117 g/mol. The van der Waals surface area contributed by atoms with E-state index in [1.54, 1.807) is 0 Å². The summed E-state index contributed by atoms with van der Waals surface area (Å²) >= 11 is 0. The van der Waals surface area contributed by atoms with Crippen LogP contribution in [0.5, 0.6) is 0 Å². The SMILES string of the molecule is O=C(O)C1NCC1O. The summed E-state index contributed by atoms with van der Waals surface area (Å²) < 4.78 is 0. The van der Waals surface area contributed by atoms with Crippen LogP contribution in [0.1, 0.15) is 0 Å². The van der Waals surface area contributed by atoms with Gasteiger partial charge in [-0.1, -0.05) is 0 Å². The van der Waals surface area contributed by atoms with Crippen molar-refractivity contribution in [2.75, 3.05) is 6.54 Å². The zero-order valence-corrected chi connectivity index (χ0v) is 4.16. The maximum absolute atomic E-state index is 9.97. The molecule has 0 aliphatic carbocycles. The van der Waals surface area contributed by atoms with Crippen molar-refractivity contribution in [2.45, 2.75) is 12.1 Å². The van der Waals surface area contributed by atoms with Crippen LogP contribution in [-0.4, -0.2) is 34.9 Å². The topological polar surface area (TPSA) is 69.6 Å². The maximum atomic E-state index is 9.97. The predicted molar refractivity (Wildman–Crippen MR) is 25.4 cm³/mol. The first kappa shape index (κ1) is 5.53. The first-order valence-corrected chi connectivity index (χ1v) is 2.36. The molecular weight excluding hydrogens is 110 g/mol. The van der Waals surface area contributed by atoms with E-state index in [2.05, 4.69) is 5.32 Å². The summed E-state index contributed by atoms with van der Waals surface area (Å²) in [7, 11) is 0. The van der Waals surface area contributed by atoms with Crippen LogP contribution in [0.15, 0.2) is 0 Å². The van der Waals surface area contributed by atoms with Crippen LogP contribution < -0.4 is 5.32 Å². The molecule has 0 spiro atoms. The second kappa shape index (κ2) is 1.72. The summed E-state index contributed by atoms with van der Waals surface area (Å²) in [6, 6.07) is -0.727. The Morgan fingerprint density at radius 3 is 2.38 bits per heavy atom. The zero-order valence-electron chi connectivity index (χ0n) is 4.16.